The Labute approximate surface area is 193 Å². The molecule has 7 heteroatoms. The summed E-state index contributed by atoms with van der Waals surface area (Å²) in [5, 5.41) is 0. The number of imide groups is 1. The Balaban J connectivity index is 1.48. The van der Waals surface area contributed by atoms with Gasteiger partial charge in [0, 0.05) is 13.1 Å². The highest BCUT2D eigenvalue weighted by molar-refractivity contribution is 6.35. The third-order valence-electron chi connectivity index (χ3n) is 6.48. The Bertz CT molecular complexity index is 1100. The van der Waals surface area contributed by atoms with Crippen molar-refractivity contribution >= 4 is 17.4 Å². The van der Waals surface area contributed by atoms with Crippen LogP contribution in [0.5, 0.6) is 17.2 Å². The number of hydrogen-bond acceptors (Lipinski definition) is 6. The van der Waals surface area contributed by atoms with Gasteiger partial charge in [0.15, 0.2) is 11.5 Å². The number of carbonyl (C=O) groups is 2. The molecule has 0 saturated carbocycles. The molecule has 2 amide bonds. The molecule has 5 rings (SSSR count). The molecule has 1 fully saturated rings. The predicted octanol–water partition coefficient (Wildman–Crippen LogP) is 3.83. The van der Waals surface area contributed by atoms with Crippen molar-refractivity contribution in [1.29, 1.82) is 0 Å². The molecule has 1 saturated heterocycles. The van der Waals surface area contributed by atoms with Crippen LogP contribution in [0.1, 0.15) is 37.8 Å². The minimum atomic E-state index is -0.268. The third kappa shape index (κ3) is 4.03. The van der Waals surface area contributed by atoms with Gasteiger partial charge in [-0.3, -0.25) is 14.5 Å². The summed E-state index contributed by atoms with van der Waals surface area (Å²) >= 11 is 0. The van der Waals surface area contributed by atoms with E-state index in [9.17, 15) is 9.59 Å². The lowest BCUT2D eigenvalue weighted by atomic mass is 9.97. The van der Waals surface area contributed by atoms with Crippen molar-refractivity contribution in [2.24, 2.45) is 5.92 Å². The van der Waals surface area contributed by atoms with Gasteiger partial charge >= 0.3 is 0 Å². The van der Waals surface area contributed by atoms with Crippen LogP contribution in [-0.2, 0) is 16.1 Å². The fraction of sp³-hybridized carbons (Fsp3) is 0.385. The van der Waals surface area contributed by atoms with Gasteiger partial charge in [-0.05, 0) is 61.1 Å². The number of amides is 2. The molecule has 0 spiro atoms. The van der Waals surface area contributed by atoms with E-state index in [-0.39, 0.29) is 25.2 Å². The second kappa shape index (κ2) is 8.81. The van der Waals surface area contributed by atoms with Crippen LogP contribution in [0.15, 0.2) is 48.2 Å². The monoisotopic (exact) mass is 448 g/mol. The van der Waals surface area contributed by atoms with Gasteiger partial charge in [-0.25, -0.2) is 0 Å². The molecular weight excluding hydrogens is 420 g/mol. The molecule has 0 radical (unpaired) electrons. The minimum absolute atomic E-state index is 0.182. The van der Waals surface area contributed by atoms with Crippen LogP contribution in [0.25, 0.3) is 5.57 Å². The molecule has 3 aliphatic rings. The van der Waals surface area contributed by atoms with E-state index in [1.807, 2.05) is 49.4 Å². The highest BCUT2D eigenvalue weighted by Gasteiger charge is 2.42. The summed E-state index contributed by atoms with van der Waals surface area (Å²) in [6.07, 6.45) is 2.01. The summed E-state index contributed by atoms with van der Waals surface area (Å²) in [4.78, 5) is 30.7. The summed E-state index contributed by atoms with van der Waals surface area (Å²) in [7, 11) is 0. The molecular formula is C26H28N2O5. The zero-order valence-corrected chi connectivity index (χ0v) is 19.0. The number of nitrogens with zero attached hydrogens (tertiary/aromatic N) is 2. The van der Waals surface area contributed by atoms with Gasteiger partial charge in [0.1, 0.15) is 11.4 Å². The van der Waals surface area contributed by atoms with E-state index < -0.39 is 0 Å². The Hall–Kier alpha value is -3.48. The molecule has 3 heterocycles. The van der Waals surface area contributed by atoms with Gasteiger partial charge in [0.05, 0.1) is 18.7 Å². The van der Waals surface area contributed by atoms with Crippen molar-refractivity contribution in [3.63, 3.8) is 0 Å². The predicted molar refractivity (Wildman–Crippen MR) is 123 cm³/mol. The third-order valence-corrected chi connectivity index (χ3v) is 6.48. The summed E-state index contributed by atoms with van der Waals surface area (Å²) in [6.45, 7) is 6.64. The maximum Gasteiger partial charge on any atom is 0.278 e. The average molecular weight is 449 g/mol. The van der Waals surface area contributed by atoms with Crippen molar-refractivity contribution < 1.29 is 23.8 Å². The molecule has 0 aromatic heterocycles. The van der Waals surface area contributed by atoms with E-state index in [0.29, 0.717) is 35.3 Å². The number of ether oxygens (including phenoxy) is 3. The largest absolute Gasteiger partial charge is 0.494 e. The van der Waals surface area contributed by atoms with Gasteiger partial charge in [-0.1, -0.05) is 25.1 Å². The van der Waals surface area contributed by atoms with E-state index in [1.165, 1.54) is 4.90 Å². The van der Waals surface area contributed by atoms with Crippen LogP contribution in [0, 0.1) is 5.92 Å². The molecule has 2 aromatic carbocycles. The van der Waals surface area contributed by atoms with Crippen LogP contribution in [0.4, 0.5) is 0 Å². The zero-order chi connectivity index (χ0) is 22.9. The first-order chi connectivity index (χ1) is 16.0. The molecule has 0 aliphatic carbocycles. The smallest absolute Gasteiger partial charge is 0.278 e. The van der Waals surface area contributed by atoms with E-state index in [1.54, 1.807) is 0 Å². The highest BCUT2D eigenvalue weighted by Crippen LogP contribution is 2.37. The van der Waals surface area contributed by atoms with Crippen molar-refractivity contribution in [2.45, 2.75) is 33.2 Å². The van der Waals surface area contributed by atoms with Gasteiger partial charge < -0.3 is 19.1 Å². The van der Waals surface area contributed by atoms with E-state index in [0.717, 1.165) is 42.8 Å². The maximum absolute atomic E-state index is 13.6. The molecule has 3 aliphatic heterocycles. The number of rotatable bonds is 6. The fourth-order valence-electron chi connectivity index (χ4n) is 4.60. The van der Waals surface area contributed by atoms with E-state index in [2.05, 4.69) is 11.8 Å². The number of likely N-dealkylation sites (tertiary alicyclic amines) is 1. The van der Waals surface area contributed by atoms with E-state index in [4.69, 9.17) is 14.2 Å². The summed E-state index contributed by atoms with van der Waals surface area (Å²) < 4.78 is 16.4. The van der Waals surface area contributed by atoms with Crippen molar-refractivity contribution in [1.82, 2.24) is 9.80 Å². The van der Waals surface area contributed by atoms with Gasteiger partial charge in [-0.2, -0.15) is 0 Å². The quantitative estimate of drug-likeness (QED) is 0.626. The fourth-order valence-corrected chi connectivity index (χ4v) is 4.60. The summed E-state index contributed by atoms with van der Waals surface area (Å²) in [5.41, 5.74) is 2.54. The van der Waals surface area contributed by atoms with Crippen molar-refractivity contribution in [3.8, 4) is 17.2 Å². The summed E-state index contributed by atoms with van der Waals surface area (Å²) in [5.74, 6) is 2.16. The van der Waals surface area contributed by atoms with Gasteiger partial charge in [-0.15, -0.1) is 0 Å². The van der Waals surface area contributed by atoms with Crippen LogP contribution in [0.3, 0.4) is 0 Å². The SMILES string of the molecule is CCOc1ccc(C2=C(N3CCC(C)CC3)C(=O)N(Cc3ccc4c(c3)OCO4)C2=O)cc1. The van der Waals surface area contributed by atoms with Crippen molar-refractivity contribution in [3.05, 3.63) is 59.3 Å². The Morgan fingerprint density at radius 3 is 2.42 bits per heavy atom. The lowest BCUT2D eigenvalue weighted by Crippen LogP contribution is -2.38. The zero-order valence-electron chi connectivity index (χ0n) is 19.0. The Morgan fingerprint density at radius 2 is 1.70 bits per heavy atom. The second-order valence-corrected chi connectivity index (χ2v) is 8.73. The number of benzene rings is 2. The molecule has 33 heavy (non-hydrogen) atoms. The first-order valence-corrected chi connectivity index (χ1v) is 11.5. The van der Waals surface area contributed by atoms with Gasteiger partial charge in [0.25, 0.3) is 11.8 Å². The molecule has 0 unspecified atom stereocenters. The van der Waals surface area contributed by atoms with Crippen LogP contribution < -0.4 is 14.2 Å². The molecule has 7 nitrogen and oxygen atoms in total. The second-order valence-electron chi connectivity index (χ2n) is 8.73. The average Bonchev–Trinajstić information content (AvgIpc) is 3.38. The number of fused-ring (bicyclic) bond motifs is 1. The first kappa shape index (κ1) is 21.4. The molecule has 0 bridgehead atoms. The number of piperidine rings is 1. The maximum atomic E-state index is 13.6. The molecule has 2 aromatic rings. The molecule has 172 valence electrons. The normalized spacial score (nSPS) is 18.5. The van der Waals surface area contributed by atoms with E-state index >= 15 is 0 Å². The first-order valence-electron chi connectivity index (χ1n) is 11.5. The van der Waals surface area contributed by atoms with Gasteiger partial charge in [0.2, 0.25) is 6.79 Å². The van der Waals surface area contributed by atoms with Crippen LogP contribution >= 0.6 is 0 Å². The summed E-state index contributed by atoms with van der Waals surface area (Å²) in [6, 6.07) is 12.9. The number of hydrogen-bond donors (Lipinski definition) is 0. The lowest BCUT2D eigenvalue weighted by molar-refractivity contribution is -0.138. The van der Waals surface area contributed by atoms with Crippen molar-refractivity contribution in [2.75, 3.05) is 26.5 Å². The Kier molecular flexibility index (Phi) is 5.70. The number of carbonyl (C=O) groups excluding carboxylic acids is 2. The Morgan fingerprint density at radius 1 is 0.970 bits per heavy atom. The van der Waals surface area contributed by atoms with Crippen LogP contribution in [0.2, 0.25) is 0 Å². The minimum Gasteiger partial charge on any atom is -0.494 e. The highest BCUT2D eigenvalue weighted by atomic mass is 16.7. The standard InChI is InChI=1S/C26H28N2O5/c1-3-31-20-7-5-19(6-8-20)23-24(27-12-10-17(2)11-13-27)26(30)28(25(23)29)15-18-4-9-21-22(14-18)33-16-32-21/h4-9,14,17H,3,10-13,15-16H2,1-2H3. The van der Waals surface area contributed by atoms with Crippen LogP contribution in [-0.4, -0.2) is 48.1 Å². The molecule has 0 atom stereocenters. The lowest BCUT2D eigenvalue weighted by Gasteiger charge is -2.32. The molecule has 0 N–H and O–H groups in total. The topological polar surface area (TPSA) is 68.3 Å².